The maximum Gasteiger partial charge on any atom is 0.315 e. The summed E-state index contributed by atoms with van der Waals surface area (Å²) in [7, 11) is -3.06. The van der Waals surface area contributed by atoms with Crippen molar-refractivity contribution in [3.8, 4) is 0 Å². The SMILES string of the molecule is C[C@@H](CS(C)(=O)=O)NC(=O)N[C@@H]1C=CCCC1. The highest BCUT2D eigenvalue weighted by Gasteiger charge is 2.15. The summed E-state index contributed by atoms with van der Waals surface area (Å²) < 4.78 is 22.1. The molecule has 0 saturated carbocycles. The molecule has 1 aliphatic rings. The van der Waals surface area contributed by atoms with Gasteiger partial charge in [0, 0.05) is 18.3 Å². The summed E-state index contributed by atoms with van der Waals surface area (Å²) in [6.07, 6.45) is 8.25. The average Bonchev–Trinajstić information content (AvgIpc) is 2.15. The Balaban J connectivity index is 2.33. The van der Waals surface area contributed by atoms with Crippen LogP contribution >= 0.6 is 0 Å². The van der Waals surface area contributed by atoms with E-state index in [0.29, 0.717) is 0 Å². The summed E-state index contributed by atoms with van der Waals surface area (Å²) in [4.78, 5) is 11.6. The molecule has 0 spiro atoms. The van der Waals surface area contributed by atoms with Gasteiger partial charge in [0.05, 0.1) is 5.75 Å². The summed E-state index contributed by atoms with van der Waals surface area (Å²) in [5.74, 6) is -0.0407. The van der Waals surface area contributed by atoms with Crippen LogP contribution < -0.4 is 10.6 Å². The highest BCUT2D eigenvalue weighted by Crippen LogP contribution is 2.09. The number of nitrogens with one attached hydrogen (secondary N) is 2. The van der Waals surface area contributed by atoms with Gasteiger partial charge in [-0.15, -0.1) is 0 Å². The molecule has 6 heteroatoms. The van der Waals surface area contributed by atoms with Gasteiger partial charge in [-0.1, -0.05) is 12.2 Å². The number of carbonyl (C=O) groups is 1. The lowest BCUT2D eigenvalue weighted by molar-refractivity contribution is 0.236. The third-order valence-electron chi connectivity index (χ3n) is 2.50. The van der Waals surface area contributed by atoms with Crippen molar-refractivity contribution in [3.63, 3.8) is 0 Å². The number of sulfone groups is 1. The summed E-state index contributed by atoms with van der Waals surface area (Å²) in [5.41, 5.74) is 0. The lowest BCUT2D eigenvalue weighted by Crippen LogP contribution is -2.47. The van der Waals surface area contributed by atoms with Gasteiger partial charge < -0.3 is 10.6 Å². The summed E-state index contributed by atoms with van der Waals surface area (Å²) in [6, 6.07) is -0.621. The molecule has 0 aromatic rings. The Labute approximate surface area is 103 Å². The second kappa shape index (κ2) is 6.05. The van der Waals surface area contributed by atoms with Crippen LogP contribution in [0.1, 0.15) is 26.2 Å². The predicted octanol–water partition coefficient (Wildman–Crippen LogP) is 0.827. The first-order valence-corrected chi connectivity index (χ1v) is 7.84. The molecule has 0 fully saturated rings. The van der Waals surface area contributed by atoms with Crippen molar-refractivity contribution in [2.75, 3.05) is 12.0 Å². The van der Waals surface area contributed by atoms with Crippen LogP contribution in [-0.2, 0) is 9.84 Å². The van der Waals surface area contributed by atoms with Gasteiger partial charge >= 0.3 is 6.03 Å². The number of carbonyl (C=O) groups excluding carboxylic acids is 1. The monoisotopic (exact) mass is 260 g/mol. The Morgan fingerprint density at radius 1 is 1.53 bits per heavy atom. The van der Waals surface area contributed by atoms with Gasteiger partial charge in [-0.25, -0.2) is 13.2 Å². The van der Waals surface area contributed by atoms with Gasteiger partial charge in [0.25, 0.3) is 0 Å². The Hall–Kier alpha value is -1.04. The molecule has 2 amide bonds. The van der Waals surface area contributed by atoms with Crippen molar-refractivity contribution >= 4 is 15.9 Å². The van der Waals surface area contributed by atoms with Gasteiger partial charge in [0.1, 0.15) is 9.84 Å². The van der Waals surface area contributed by atoms with Crippen molar-refractivity contribution in [3.05, 3.63) is 12.2 Å². The van der Waals surface area contributed by atoms with Gasteiger partial charge in [0.2, 0.25) is 0 Å². The first kappa shape index (κ1) is 14.0. The molecule has 5 nitrogen and oxygen atoms in total. The second-order valence-electron chi connectivity index (χ2n) is 4.58. The Bertz CT molecular complexity index is 390. The predicted molar refractivity (Wildman–Crippen MR) is 67.6 cm³/mol. The number of urea groups is 1. The van der Waals surface area contributed by atoms with E-state index in [9.17, 15) is 13.2 Å². The Kier molecular flexibility index (Phi) is 4.99. The Morgan fingerprint density at radius 3 is 2.76 bits per heavy atom. The van der Waals surface area contributed by atoms with Crippen LogP contribution in [0.25, 0.3) is 0 Å². The maximum absolute atomic E-state index is 11.6. The molecule has 17 heavy (non-hydrogen) atoms. The quantitative estimate of drug-likeness (QED) is 0.735. The van der Waals surface area contributed by atoms with E-state index in [-0.39, 0.29) is 23.9 Å². The van der Waals surface area contributed by atoms with Crippen molar-refractivity contribution in [1.29, 1.82) is 0 Å². The minimum atomic E-state index is -3.06. The molecular formula is C11H20N2O3S. The Morgan fingerprint density at radius 2 is 2.24 bits per heavy atom. The highest BCUT2D eigenvalue weighted by atomic mass is 32.2. The van der Waals surface area contributed by atoms with Crippen LogP contribution in [0, 0.1) is 0 Å². The first-order chi connectivity index (χ1) is 7.87. The molecule has 0 aromatic heterocycles. The minimum absolute atomic E-state index is 0.0407. The van der Waals surface area contributed by atoms with Crippen LogP contribution in [-0.4, -0.2) is 38.5 Å². The number of rotatable bonds is 4. The van der Waals surface area contributed by atoms with E-state index in [1.807, 2.05) is 12.2 Å². The molecule has 0 unspecified atom stereocenters. The average molecular weight is 260 g/mol. The molecule has 1 rings (SSSR count). The largest absolute Gasteiger partial charge is 0.335 e. The molecule has 0 saturated heterocycles. The fourth-order valence-electron chi connectivity index (χ4n) is 1.86. The number of hydrogen-bond acceptors (Lipinski definition) is 3. The third-order valence-corrected chi connectivity index (χ3v) is 3.61. The van der Waals surface area contributed by atoms with Gasteiger partial charge in [-0.3, -0.25) is 0 Å². The van der Waals surface area contributed by atoms with Crippen LogP contribution in [0.4, 0.5) is 4.79 Å². The fourth-order valence-corrected chi connectivity index (χ4v) is 2.85. The second-order valence-corrected chi connectivity index (χ2v) is 6.76. The standard InChI is InChI=1S/C11H20N2O3S/c1-9(8-17(2,15)16)12-11(14)13-10-6-4-3-5-7-10/h4,6,9-10H,3,5,7-8H2,1-2H3,(H2,12,13,14)/t9-,10+/m0/s1. The molecule has 2 atom stereocenters. The lowest BCUT2D eigenvalue weighted by Gasteiger charge is -2.20. The number of amides is 2. The van der Waals surface area contributed by atoms with E-state index in [4.69, 9.17) is 0 Å². The summed E-state index contributed by atoms with van der Waals surface area (Å²) in [6.45, 7) is 1.68. The number of hydrogen-bond donors (Lipinski definition) is 2. The maximum atomic E-state index is 11.6. The zero-order valence-corrected chi connectivity index (χ0v) is 11.1. The van der Waals surface area contributed by atoms with Crippen molar-refractivity contribution < 1.29 is 13.2 Å². The molecule has 0 radical (unpaired) electrons. The molecule has 0 heterocycles. The van der Waals surface area contributed by atoms with E-state index in [0.717, 1.165) is 25.5 Å². The fraction of sp³-hybridized carbons (Fsp3) is 0.727. The summed E-state index contributed by atoms with van der Waals surface area (Å²) in [5, 5.41) is 5.42. The number of allylic oxidation sites excluding steroid dienone is 1. The van der Waals surface area contributed by atoms with E-state index in [2.05, 4.69) is 10.6 Å². The van der Waals surface area contributed by atoms with E-state index in [1.54, 1.807) is 6.92 Å². The zero-order chi connectivity index (χ0) is 12.9. The molecule has 0 aliphatic heterocycles. The molecule has 98 valence electrons. The molecular weight excluding hydrogens is 240 g/mol. The van der Waals surface area contributed by atoms with Crippen molar-refractivity contribution in [2.24, 2.45) is 0 Å². The van der Waals surface area contributed by atoms with Crippen LogP contribution in [0.2, 0.25) is 0 Å². The smallest absolute Gasteiger partial charge is 0.315 e. The van der Waals surface area contributed by atoms with E-state index >= 15 is 0 Å². The van der Waals surface area contributed by atoms with Crippen molar-refractivity contribution in [2.45, 2.75) is 38.3 Å². The topological polar surface area (TPSA) is 75.3 Å². The lowest BCUT2D eigenvalue weighted by atomic mass is 10.0. The molecule has 1 aliphatic carbocycles. The normalized spacial score (nSPS) is 21.9. The molecule has 2 N–H and O–H groups in total. The molecule has 0 bridgehead atoms. The third kappa shape index (κ3) is 6.31. The van der Waals surface area contributed by atoms with Crippen LogP contribution in [0.15, 0.2) is 12.2 Å². The first-order valence-electron chi connectivity index (χ1n) is 5.78. The van der Waals surface area contributed by atoms with Gasteiger partial charge in [-0.05, 0) is 26.2 Å². The van der Waals surface area contributed by atoms with E-state index < -0.39 is 9.84 Å². The molecule has 0 aromatic carbocycles. The van der Waals surface area contributed by atoms with E-state index in [1.165, 1.54) is 0 Å². The van der Waals surface area contributed by atoms with Crippen molar-refractivity contribution in [1.82, 2.24) is 10.6 Å². The zero-order valence-electron chi connectivity index (χ0n) is 10.3. The minimum Gasteiger partial charge on any atom is -0.335 e. The van der Waals surface area contributed by atoms with Crippen LogP contribution in [0.5, 0.6) is 0 Å². The van der Waals surface area contributed by atoms with Gasteiger partial charge in [-0.2, -0.15) is 0 Å². The summed E-state index contributed by atoms with van der Waals surface area (Å²) >= 11 is 0. The highest BCUT2D eigenvalue weighted by molar-refractivity contribution is 7.90. The van der Waals surface area contributed by atoms with Gasteiger partial charge in [0.15, 0.2) is 0 Å². The van der Waals surface area contributed by atoms with Crippen LogP contribution in [0.3, 0.4) is 0 Å².